The van der Waals surface area contributed by atoms with Crippen molar-refractivity contribution in [2.75, 3.05) is 22.5 Å². The molecule has 158 valence electrons. The molecular formula is C22H22N6O3. The van der Waals surface area contributed by atoms with Crippen LogP contribution in [0, 0.1) is 12.8 Å². The molecule has 0 saturated carbocycles. The van der Waals surface area contributed by atoms with E-state index in [0.29, 0.717) is 0 Å². The molecule has 4 rings (SSSR count). The van der Waals surface area contributed by atoms with Crippen molar-refractivity contribution in [1.29, 1.82) is 0 Å². The third-order valence-electron chi connectivity index (χ3n) is 4.88. The molecule has 1 aliphatic rings. The molecule has 0 bridgehead atoms. The van der Waals surface area contributed by atoms with Gasteiger partial charge < -0.3 is 20.7 Å². The van der Waals surface area contributed by atoms with Crippen LogP contribution in [0.2, 0.25) is 0 Å². The molecule has 1 atom stereocenters. The Morgan fingerprint density at radius 3 is 2.61 bits per heavy atom. The number of anilines is 4. The van der Waals surface area contributed by atoms with Crippen LogP contribution < -0.4 is 16.0 Å². The molecule has 0 unspecified atom stereocenters. The van der Waals surface area contributed by atoms with Crippen LogP contribution in [0.25, 0.3) is 0 Å². The lowest BCUT2D eigenvalue weighted by molar-refractivity contribution is -0.149. The number of amides is 1. The molecule has 9 nitrogen and oxygen atoms in total. The molecule has 2 aromatic carbocycles. The van der Waals surface area contributed by atoms with Gasteiger partial charge in [0, 0.05) is 24.3 Å². The number of ether oxygens (including phenoxy) is 1. The zero-order chi connectivity index (χ0) is 21.8. The number of esters is 1. The predicted molar refractivity (Wildman–Crippen MR) is 115 cm³/mol. The minimum absolute atomic E-state index is 0.0149. The van der Waals surface area contributed by atoms with Crippen LogP contribution in [0.5, 0.6) is 0 Å². The molecule has 0 aliphatic carbocycles. The first-order valence-corrected chi connectivity index (χ1v) is 9.84. The molecule has 1 saturated heterocycles. The summed E-state index contributed by atoms with van der Waals surface area (Å²) in [5.41, 5.74) is 8.42. The van der Waals surface area contributed by atoms with Crippen LogP contribution in [0.15, 0.2) is 54.6 Å². The molecule has 9 heteroatoms. The molecule has 31 heavy (non-hydrogen) atoms. The highest BCUT2D eigenvalue weighted by molar-refractivity contribution is 5.99. The number of carbonyl (C=O) groups is 2. The van der Waals surface area contributed by atoms with E-state index in [0.717, 1.165) is 16.9 Å². The normalized spacial score (nSPS) is 15.7. The maximum Gasteiger partial charge on any atom is 0.311 e. The van der Waals surface area contributed by atoms with Gasteiger partial charge in [-0.1, -0.05) is 35.9 Å². The molecule has 3 N–H and O–H groups in total. The molecule has 1 fully saturated rings. The number of nitrogen functional groups attached to an aromatic ring is 1. The number of nitrogens with zero attached hydrogens (tertiary/aromatic N) is 4. The maximum absolute atomic E-state index is 12.5. The van der Waals surface area contributed by atoms with Crippen LogP contribution in [0.1, 0.15) is 17.8 Å². The Hall–Kier alpha value is -4.01. The Bertz CT molecular complexity index is 1090. The summed E-state index contributed by atoms with van der Waals surface area (Å²) in [4.78, 5) is 38.8. The lowest BCUT2D eigenvalue weighted by atomic mass is 10.1. The molecule has 1 aromatic heterocycles. The number of nitrogens with one attached hydrogen (secondary N) is 1. The number of benzene rings is 2. The van der Waals surface area contributed by atoms with Crippen LogP contribution in [-0.4, -0.2) is 33.4 Å². The molecular weight excluding hydrogens is 396 g/mol. The molecule has 0 radical (unpaired) electrons. The number of aryl methyl sites for hydroxylation is 1. The lowest BCUT2D eigenvalue weighted by Gasteiger charge is -2.16. The highest BCUT2D eigenvalue weighted by Gasteiger charge is 2.36. The van der Waals surface area contributed by atoms with Gasteiger partial charge in [-0.05, 0) is 31.2 Å². The first-order chi connectivity index (χ1) is 15.0. The number of hydrogen-bond acceptors (Lipinski definition) is 8. The van der Waals surface area contributed by atoms with E-state index in [1.54, 1.807) is 4.90 Å². The van der Waals surface area contributed by atoms with Crippen LogP contribution in [0.3, 0.4) is 0 Å². The van der Waals surface area contributed by atoms with Crippen LogP contribution in [-0.2, 0) is 20.9 Å². The third kappa shape index (κ3) is 4.95. The van der Waals surface area contributed by atoms with Gasteiger partial charge in [0.15, 0.2) is 12.4 Å². The second-order valence-corrected chi connectivity index (χ2v) is 7.27. The van der Waals surface area contributed by atoms with Gasteiger partial charge in [0.2, 0.25) is 17.8 Å². The summed E-state index contributed by atoms with van der Waals surface area (Å²) in [6, 6.07) is 17.0. The summed E-state index contributed by atoms with van der Waals surface area (Å²) in [6.45, 7) is 2.09. The van der Waals surface area contributed by atoms with Gasteiger partial charge in [0.1, 0.15) is 0 Å². The highest BCUT2D eigenvalue weighted by atomic mass is 16.5. The highest BCUT2D eigenvalue weighted by Crippen LogP contribution is 2.26. The Balaban J connectivity index is 1.37. The number of hydrogen-bond donors (Lipinski definition) is 2. The summed E-state index contributed by atoms with van der Waals surface area (Å²) in [5, 5.41) is 3.03. The van der Waals surface area contributed by atoms with Crippen molar-refractivity contribution in [3.8, 4) is 0 Å². The molecule has 3 aromatic rings. The number of nitrogens with two attached hydrogens (primary N) is 1. The van der Waals surface area contributed by atoms with Gasteiger partial charge in [-0.2, -0.15) is 15.0 Å². The van der Waals surface area contributed by atoms with Gasteiger partial charge in [-0.25, -0.2) is 0 Å². The van der Waals surface area contributed by atoms with Crippen LogP contribution >= 0.6 is 0 Å². The Morgan fingerprint density at radius 2 is 1.87 bits per heavy atom. The average molecular weight is 418 g/mol. The van der Waals surface area contributed by atoms with Gasteiger partial charge in [-0.3, -0.25) is 9.59 Å². The standard InChI is InChI=1S/C22H22N6O3/c1-14-7-9-17(10-8-14)28-12-15(11-19(28)29)20(30)31-13-18-25-21(23)27-22(26-18)24-16-5-3-2-4-6-16/h2-10,15H,11-13H2,1H3,(H3,23,24,25,26,27)/t15-/m0/s1. The zero-order valence-corrected chi connectivity index (χ0v) is 17.0. The zero-order valence-electron chi connectivity index (χ0n) is 17.0. The monoisotopic (exact) mass is 418 g/mol. The van der Waals surface area contributed by atoms with Crippen molar-refractivity contribution in [3.05, 3.63) is 66.0 Å². The van der Waals surface area contributed by atoms with Gasteiger partial charge >= 0.3 is 5.97 Å². The summed E-state index contributed by atoms with van der Waals surface area (Å²) in [6.07, 6.45) is 0.104. The Morgan fingerprint density at radius 1 is 1.13 bits per heavy atom. The lowest BCUT2D eigenvalue weighted by Crippen LogP contribution is -2.26. The third-order valence-corrected chi connectivity index (χ3v) is 4.88. The molecule has 0 spiro atoms. The Labute approximate surface area is 179 Å². The Kier molecular flexibility index (Phi) is 5.74. The van der Waals surface area contributed by atoms with E-state index in [4.69, 9.17) is 10.5 Å². The number of aromatic nitrogens is 3. The SMILES string of the molecule is Cc1ccc(N2C[C@@H](C(=O)OCc3nc(N)nc(Nc4ccccc4)n3)CC2=O)cc1. The van der Waals surface area contributed by atoms with Crippen molar-refractivity contribution in [2.24, 2.45) is 5.92 Å². The fourth-order valence-corrected chi connectivity index (χ4v) is 3.30. The first kappa shape index (κ1) is 20.3. The van der Waals surface area contributed by atoms with E-state index >= 15 is 0 Å². The van der Waals surface area contributed by atoms with Gasteiger partial charge in [-0.15, -0.1) is 0 Å². The van der Waals surface area contributed by atoms with Gasteiger partial charge in [0.25, 0.3) is 0 Å². The van der Waals surface area contributed by atoms with Crippen molar-refractivity contribution in [1.82, 2.24) is 15.0 Å². The fraction of sp³-hybridized carbons (Fsp3) is 0.227. The number of para-hydroxylation sites is 1. The number of rotatable bonds is 6. The average Bonchev–Trinajstić information content (AvgIpc) is 3.15. The van der Waals surface area contributed by atoms with Gasteiger partial charge in [0.05, 0.1) is 5.92 Å². The van der Waals surface area contributed by atoms with Crippen LogP contribution in [0.4, 0.5) is 23.3 Å². The summed E-state index contributed by atoms with van der Waals surface area (Å²) >= 11 is 0. The molecule has 1 aliphatic heterocycles. The van der Waals surface area contributed by atoms with Crippen molar-refractivity contribution in [2.45, 2.75) is 20.0 Å². The summed E-state index contributed by atoms with van der Waals surface area (Å²) in [7, 11) is 0. The van der Waals surface area contributed by atoms with E-state index < -0.39 is 11.9 Å². The largest absolute Gasteiger partial charge is 0.457 e. The summed E-state index contributed by atoms with van der Waals surface area (Å²) in [5.74, 6) is -0.634. The minimum Gasteiger partial charge on any atom is -0.457 e. The second-order valence-electron chi connectivity index (χ2n) is 7.27. The molecule has 2 heterocycles. The van der Waals surface area contributed by atoms with Crippen molar-refractivity contribution in [3.63, 3.8) is 0 Å². The van der Waals surface area contributed by atoms with E-state index in [9.17, 15) is 9.59 Å². The molecule has 1 amide bonds. The minimum atomic E-state index is -0.546. The smallest absolute Gasteiger partial charge is 0.311 e. The van der Waals surface area contributed by atoms with Crippen molar-refractivity contribution >= 4 is 35.1 Å². The van der Waals surface area contributed by atoms with E-state index in [1.807, 2.05) is 61.5 Å². The van der Waals surface area contributed by atoms with Crippen molar-refractivity contribution < 1.29 is 14.3 Å². The second kappa shape index (κ2) is 8.78. The maximum atomic E-state index is 12.5. The summed E-state index contributed by atoms with van der Waals surface area (Å²) < 4.78 is 5.37. The quantitative estimate of drug-likeness (QED) is 0.586. The fourth-order valence-electron chi connectivity index (χ4n) is 3.30. The van der Waals surface area contributed by atoms with E-state index in [1.165, 1.54) is 0 Å². The predicted octanol–water partition coefficient (Wildman–Crippen LogP) is 2.60. The van der Waals surface area contributed by atoms with E-state index in [2.05, 4.69) is 20.3 Å². The number of carbonyl (C=O) groups excluding carboxylic acids is 2. The first-order valence-electron chi connectivity index (χ1n) is 9.84. The topological polar surface area (TPSA) is 123 Å². The van der Waals surface area contributed by atoms with E-state index in [-0.39, 0.29) is 43.2 Å².